The number of phenols is 1. The van der Waals surface area contributed by atoms with Crippen molar-refractivity contribution in [2.75, 3.05) is 19.0 Å². The summed E-state index contributed by atoms with van der Waals surface area (Å²) in [4.78, 5) is 25.9. The van der Waals surface area contributed by atoms with Crippen LogP contribution in [0.1, 0.15) is 36.0 Å². The van der Waals surface area contributed by atoms with Crippen molar-refractivity contribution in [3.8, 4) is 5.75 Å². The molecule has 1 aliphatic rings. The standard InChI is InChI=1S/C16H21ClN2O3/c17-9-3-6-15(21)19-10-7-12(8-11-19)18-16(22)13-4-1-2-5-14(13)20/h1-2,4-5,12,20H,3,6-11H2,(H,18,22). The van der Waals surface area contributed by atoms with E-state index in [-0.39, 0.29) is 29.2 Å². The lowest BCUT2D eigenvalue weighted by atomic mass is 10.0. The molecule has 2 N–H and O–H groups in total. The van der Waals surface area contributed by atoms with Crippen molar-refractivity contribution in [2.24, 2.45) is 0 Å². The number of phenolic OH excluding ortho intramolecular Hbond substituents is 1. The first kappa shape index (κ1) is 16.6. The van der Waals surface area contributed by atoms with Gasteiger partial charge in [-0.3, -0.25) is 9.59 Å². The van der Waals surface area contributed by atoms with Gasteiger partial charge in [0.05, 0.1) is 5.56 Å². The summed E-state index contributed by atoms with van der Waals surface area (Å²) in [5.74, 6) is 0.337. The third-order valence-electron chi connectivity index (χ3n) is 3.86. The van der Waals surface area contributed by atoms with E-state index in [0.717, 1.165) is 12.8 Å². The maximum absolute atomic E-state index is 12.1. The summed E-state index contributed by atoms with van der Waals surface area (Å²) in [5, 5.41) is 12.6. The first-order valence-corrected chi connectivity index (χ1v) is 8.08. The van der Waals surface area contributed by atoms with Crippen LogP contribution in [0.2, 0.25) is 0 Å². The van der Waals surface area contributed by atoms with Gasteiger partial charge in [-0.05, 0) is 31.4 Å². The smallest absolute Gasteiger partial charge is 0.255 e. The van der Waals surface area contributed by atoms with Gasteiger partial charge in [-0.25, -0.2) is 0 Å². The predicted octanol–water partition coefficient (Wildman–Crippen LogP) is 2.13. The Labute approximate surface area is 135 Å². The Hall–Kier alpha value is -1.75. The van der Waals surface area contributed by atoms with Crippen LogP contribution in [0.25, 0.3) is 0 Å². The third-order valence-corrected chi connectivity index (χ3v) is 4.12. The number of carbonyl (C=O) groups excluding carboxylic acids is 2. The van der Waals surface area contributed by atoms with Crippen LogP contribution in [-0.4, -0.2) is 46.8 Å². The van der Waals surface area contributed by atoms with Crippen LogP contribution in [-0.2, 0) is 4.79 Å². The molecule has 1 saturated heterocycles. The van der Waals surface area contributed by atoms with Gasteiger partial charge in [0, 0.05) is 31.4 Å². The SMILES string of the molecule is O=C(NC1CCN(C(=O)CCCCl)CC1)c1ccccc1O. The van der Waals surface area contributed by atoms with Crippen LogP contribution in [0.5, 0.6) is 5.75 Å². The number of alkyl halides is 1. The average Bonchev–Trinajstić information content (AvgIpc) is 2.53. The van der Waals surface area contributed by atoms with E-state index in [9.17, 15) is 14.7 Å². The van der Waals surface area contributed by atoms with Crippen molar-refractivity contribution < 1.29 is 14.7 Å². The fourth-order valence-electron chi connectivity index (χ4n) is 2.58. The lowest BCUT2D eigenvalue weighted by Crippen LogP contribution is -2.46. The van der Waals surface area contributed by atoms with Crippen molar-refractivity contribution in [1.82, 2.24) is 10.2 Å². The fourth-order valence-corrected chi connectivity index (χ4v) is 2.71. The number of halogens is 1. The summed E-state index contributed by atoms with van der Waals surface area (Å²) in [6.45, 7) is 1.29. The molecule has 5 nitrogen and oxygen atoms in total. The number of piperidine rings is 1. The fraction of sp³-hybridized carbons (Fsp3) is 0.500. The van der Waals surface area contributed by atoms with Gasteiger partial charge < -0.3 is 15.3 Å². The largest absolute Gasteiger partial charge is 0.507 e. The van der Waals surface area contributed by atoms with E-state index in [0.29, 0.717) is 31.8 Å². The number of carbonyl (C=O) groups is 2. The highest BCUT2D eigenvalue weighted by Crippen LogP contribution is 2.17. The van der Waals surface area contributed by atoms with E-state index in [2.05, 4.69) is 5.32 Å². The van der Waals surface area contributed by atoms with Crippen LogP contribution in [0, 0.1) is 0 Å². The summed E-state index contributed by atoms with van der Waals surface area (Å²) in [7, 11) is 0. The van der Waals surface area contributed by atoms with Crippen LogP contribution < -0.4 is 5.32 Å². The zero-order valence-corrected chi connectivity index (χ0v) is 13.2. The van der Waals surface area contributed by atoms with Crippen LogP contribution in [0.15, 0.2) is 24.3 Å². The van der Waals surface area contributed by atoms with Gasteiger partial charge >= 0.3 is 0 Å². The summed E-state index contributed by atoms with van der Waals surface area (Å²) in [6.07, 6.45) is 2.64. The molecule has 0 aliphatic carbocycles. The monoisotopic (exact) mass is 324 g/mol. The number of hydrogen-bond donors (Lipinski definition) is 2. The number of aromatic hydroxyl groups is 1. The summed E-state index contributed by atoms with van der Waals surface area (Å²) >= 11 is 5.60. The van der Waals surface area contributed by atoms with Crippen molar-refractivity contribution in [1.29, 1.82) is 0 Å². The van der Waals surface area contributed by atoms with Crippen molar-refractivity contribution >= 4 is 23.4 Å². The molecule has 1 fully saturated rings. The maximum atomic E-state index is 12.1. The van der Waals surface area contributed by atoms with Gasteiger partial charge in [-0.2, -0.15) is 0 Å². The Kier molecular flexibility index (Phi) is 6.07. The van der Waals surface area contributed by atoms with E-state index in [4.69, 9.17) is 11.6 Å². The van der Waals surface area contributed by atoms with E-state index in [1.54, 1.807) is 18.2 Å². The third kappa shape index (κ3) is 4.37. The Morgan fingerprint density at radius 1 is 1.27 bits per heavy atom. The van der Waals surface area contributed by atoms with Gasteiger partial charge in [0.25, 0.3) is 5.91 Å². The molecule has 0 radical (unpaired) electrons. The van der Waals surface area contributed by atoms with E-state index >= 15 is 0 Å². The molecule has 1 aromatic rings. The molecule has 0 bridgehead atoms. The minimum atomic E-state index is -0.273. The van der Waals surface area contributed by atoms with Crippen LogP contribution >= 0.6 is 11.6 Å². The molecule has 0 spiro atoms. The number of nitrogens with zero attached hydrogens (tertiary/aromatic N) is 1. The second-order valence-electron chi connectivity index (χ2n) is 5.44. The molecule has 0 atom stereocenters. The van der Waals surface area contributed by atoms with Gasteiger partial charge in [0.1, 0.15) is 5.75 Å². The second-order valence-corrected chi connectivity index (χ2v) is 5.82. The highest BCUT2D eigenvalue weighted by atomic mass is 35.5. The Balaban J connectivity index is 1.81. The summed E-state index contributed by atoms with van der Waals surface area (Å²) < 4.78 is 0. The first-order valence-electron chi connectivity index (χ1n) is 7.54. The molecule has 1 aliphatic heterocycles. The Morgan fingerprint density at radius 2 is 1.95 bits per heavy atom. The molecule has 0 unspecified atom stereocenters. The van der Waals surface area contributed by atoms with Crippen molar-refractivity contribution in [2.45, 2.75) is 31.7 Å². The topological polar surface area (TPSA) is 69.6 Å². The van der Waals surface area contributed by atoms with Crippen LogP contribution in [0.3, 0.4) is 0 Å². The molecule has 6 heteroatoms. The zero-order valence-electron chi connectivity index (χ0n) is 12.4. The first-order chi connectivity index (χ1) is 10.6. The minimum absolute atomic E-state index is 0.0197. The van der Waals surface area contributed by atoms with Crippen molar-refractivity contribution in [3.63, 3.8) is 0 Å². The highest BCUT2D eigenvalue weighted by molar-refractivity contribution is 6.17. The van der Waals surface area contributed by atoms with Gasteiger partial charge in [-0.15, -0.1) is 11.6 Å². The molecule has 0 aromatic heterocycles. The van der Waals surface area contributed by atoms with Gasteiger partial charge in [-0.1, -0.05) is 12.1 Å². The minimum Gasteiger partial charge on any atom is -0.507 e. The molecule has 2 rings (SSSR count). The molecular formula is C16H21ClN2O3. The number of para-hydroxylation sites is 1. The molecule has 1 heterocycles. The molecule has 120 valence electrons. The molecular weight excluding hydrogens is 304 g/mol. The lowest BCUT2D eigenvalue weighted by molar-refractivity contribution is -0.132. The van der Waals surface area contributed by atoms with Gasteiger partial charge in [0.15, 0.2) is 0 Å². The molecule has 22 heavy (non-hydrogen) atoms. The van der Waals surface area contributed by atoms with E-state index in [1.807, 2.05) is 4.90 Å². The number of hydrogen-bond acceptors (Lipinski definition) is 3. The molecule has 2 amide bonds. The number of benzene rings is 1. The summed E-state index contributed by atoms with van der Waals surface area (Å²) in [6, 6.07) is 6.51. The molecule has 0 saturated carbocycles. The quantitative estimate of drug-likeness (QED) is 0.815. The number of amides is 2. The summed E-state index contributed by atoms with van der Waals surface area (Å²) in [5.41, 5.74) is 0.281. The number of nitrogens with one attached hydrogen (secondary N) is 1. The van der Waals surface area contributed by atoms with Crippen LogP contribution in [0.4, 0.5) is 0 Å². The Bertz CT molecular complexity index is 528. The lowest BCUT2D eigenvalue weighted by Gasteiger charge is -2.32. The zero-order chi connectivity index (χ0) is 15.9. The normalized spacial score (nSPS) is 15.6. The van der Waals surface area contributed by atoms with E-state index in [1.165, 1.54) is 6.07 Å². The number of rotatable bonds is 5. The van der Waals surface area contributed by atoms with Gasteiger partial charge in [0.2, 0.25) is 5.91 Å². The molecule has 1 aromatic carbocycles. The second kappa shape index (κ2) is 8.03. The predicted molar refractivity (Wildman–Crippen MR) is 85.1 cm³/mol. The Morgan fingerprint density at radius 3 is 2.59 bits per heavy atom. The van der Waals surface area contributed by atoms with Crippen molar-refractivity contribution in [3.05, 3.63) is 29.8 Å². The average molecular weight is 325 g/mol. The van der Waals surface area contributed by atoms with E-state index < -0.39 is 0 Å². The number of likely N-dealkylation sites (tertiary alicyclic amines) is 1. The maximum Gasteiger partial charge on any atom is 0.255 e. The highest BCUT2D eigenvalue weighted by Gasteiger charge is 2.24.